The van der Waals surface area contributed by atoms with Gasteiger partial charge in [-0.25, -0.2) is 4.98 Å². The normalized spacial score (nSPS) is 11.0. The molecule has 4 aromatic rings. The highest BCUT2D eigenvalue weighted by atomic mass is 32.2. The fraction of sp³-hybridized carbons (Fsp3) is 0.269. The second-order valence-corrected chi connectivity index (χ2v) is 10.0. The Balaban J connectivity index is 1.47. The van der Waals surface area contributed by atoms with Crippen LogP contribution in [0.15, 0.2) is 65.8 Å². The molecule has 1 amide bonds. The molecular formula is C26H27N3O2S2. The molecule has 0 aliphatic carbocycles. The number of ether oxygens (including phenoxy) is 1. The first-order chi connectivity index (χ1) is 16.0. The number of fused-ring (bicyclic) bond motifs is 1. The van der Waals surface area contributed by atoms with Crippen LogP contribution in [0.4, 0.5) is 5.13 Å². The van der Waals surface area contributed by atoms with E-state index < -0.39 is 0 Å². The lowest BCUT2D eigenvalue weighted by atomic mass is 10.1. The van der Waals surface area contributed by atoms with Crippen molar-refractivity contribution in [1.82, 2.24) is 9.97 Å². The van der Waals surface area contributed by atoms with E-state index in [1.807, 2.05) is 47.5 Å². The van der Waals surface area contributed by atoms with E-state index in [1.54, 1.807) is 36.4 Å². The highest BCUT2D eigenvalue weighted by Gasteiger charge is 2.21. The van der Waals surface area contributed by atoms with Crippen LogP contribution in [0.1, 0.15) is 29.5 Å². The molecule has 0 saturated carbocycles. The average molecular weight is 478 g/mol. The molecule has 0 saturated heterocycles. The van der Waals surface area contributed by atoms with Crippen LogP contribution in [-0.2, 0) is 11.3 Å². The molecule has 0 aliphatic heterocycles. The Morgan fingerprint density at radius 3 is 2.70 bits per heavy atom. The van der Waals surface area contributed by atoms with Gasteiger partial charge in [-0.2, -0.15) is 0 Å². The van der Waals surface area contributed by atoms with Gasteiger partial charge >= 0.3 is 0 Å². The predicted molar refractivity (Wildman–Crippen MR) is 137 cm³/mol. The predicted octanol–water partition coefficient (Wildman–Crippen LogP) is 6.42. The lowest BCUT2D eigenvalue weighted by Gasteiger charge is -2.20. The van der Waals surface area contributed by atoms with Gasteiger partial charge in [-0.1, -0.05) is 23.5 Å². The zero-order chi connectivity index (χ0) is 23.2. The summed E-state index contributed by atoms with van der Waals surface area (Å²) in [6.07, 6.45) is 4.82. The lowest BCUT2D eigenvalue weighted by molar-refractivity contribution is -0.118. The van der Waals surface area contributed by atoms with Crippen LogP contribution in [0.25, 0.3) is 10.2 Å². The third-order valence-electron chi connectivity index (χ3n) is 5.27. The molecule has 170 valence electrons. The number of hydrogen-bond donors (Lipinski definition) is 0. The number of carbonyl (C=O) groups is 1. The van der Waals surface area contributed by atoms with Crippen molar-refractivity contribution in [2.75, 3.05) is 17.8 Å². The molecule has 0 unspecified atom stereocenters. The fourth-order valence-corrected chi connectivity index (χ4v) is 5.52. The summed E-state index contributed by atoms with van der Waals surface area (Å²) in [7, 11) is 1.67. The SMILES string of the molecule is COc1ccc(SCCCC(=O)N(Cc2cccnc2)c2nc3cc(C)cc(C)c3s2)cc1. The van der Waals surface area contributed by atoms with E-state index in [-0.39, 0.29) is 5.91 Å². The highest BCUT2D eigenvalue weighted by molar-refractivity contribution is 7.99. The summed E-state index contributed by atoms with van der Waals surface area (Å²) in [6, 6.07) is 16.1. The molecule has 2 heterocycles. The first kappa shape index (κ1) is 23.3. The summed E-state index contributed by atoms with van der Waals surface area (Å²) in [4.78, 5) is 25.3. The van der Waals surface area contributed by atoms with Crippen molar-refractivity contribution in [1.29, 1.82) is 0 Å². The molecule has 2 aromatic heterocycles. The van der Waals surface area contributed by atoms with Gasteiger partial charge in [0.1, 0.15) is 5.75 Å². The van der Waals surface area contributed by atoms with Crippen molar-refractivity contribution in [2.24, 2.45) is 0 Å². The van der Waals surface area contributed by atoms with Crippen molar-refractivity contribution in [3.8, 4) is 5.75 Å². The van der Waals surface area contributed by atoms with E-state index in [4.69, 9.17) is 9.72 Å². The van der Waals surface area contributed by atoms with Crippen LogP contribution in [0.5, 0.6) is 5.75 Å². The number of methoxy groups -OCH3 is 1. The summed E-state index contributed by atoms with van der Waals surface area (Å²) in [5.74, 6) is 1.81. The van der Waals surface area contributed by atoms with E-state index >= 15 is 0 Å². The minimum Gasteiger partial charge on any atom is -0.497 e. The summed E-state index contributed by atoms with van der Waals surface area (Å²) >= 11 is 3.34. The van der Waals surface area contributed by atoms with E-state index in [0.29, 0.717) is 13.0 Å². The van der Waals surface area contributed by atoms with Gasteiger partial charge in [-0.3, -0.25) is 14.7 Å². The molecule has 0 fully saturated rings. The largest absolute Gasteiger partial charge is 0.497 e. The Kier molecular flexibility index (Phi) is 7.62. The Labute approximate surface area is 202 Å². The number of hydrogen-bond acceptors (Lipinski definition) is 6. The molecule has 0 radical (unpaired) electrons. The van der Waals surface area contributed by atoms with Gasteiger partial charge in [-0.15, -0.1) is 11.8 Å². The van der Waals surface area contributed by atoms with E-state index in [9.17, 15) is 4.79 Å². The summed E-state index contributed by atoms with van der Waals surface area (Å²) in [6.45, 7) is 4.64. The first-order valence-electron chi connectivity index (χ1n) is 10.9. The number of amides is 1. The van der Waals surface area contributed by atoms with Crippen LogP contribution >= 0.6 is 23.1 Å². The molecule has 7 heteroatoms. The molecule has 0 aliphatic rings. The number of anilines is 1. The van der Waals surface area contributed by atoms with Crippen LogP contribution in [0.2, 0.25) is 0 Å². The minimum absolute atomic E-state index is 0.0858. The Morgan fingerprint density at radius 1 is 1.15 bits per heavy atom. The monoisotopic (exact) mass is 477 g/mol. The van der Waals surface area contributed by atoms with Crippen LogP contribution in [0, 0.1) is 13.8 Å². The molecule has 0 spiro atoms. The molecule has 4 rings (SSSR count). The molecule has 5 nitrogen and oxygen atoms in total. The maximum absolute atomic E-state index is 13.3. The van der Waals surface area contributed by atoms with Crippen LogP contribution < -0.4 is 9.64 Å². The van der Waals surface area contributed by atoms with Gasteiger partial charge in [0.25, 0.3) is 0 Å². The van der Waals surface area contributed by atoms with E-state index in [2.05, 4.69) is 31.0 Å². The van der Waals surface area contributed by atoms with Gasteiger partial charge in [0.15, 0.2) is 5.13 Å². The quantitative estimate of drug-likeness (QED) is 0.206. The summed E-state index contributed by atoms with van der Waals surface area (Å²) in [5, 5.41) is 0.746. The standard InChI is InChI=1S/C26H27N3O2S2/c1-18-14-19(2)25-23(15-18)28-26(33-25)29(17-20-6-4-12-27-16-20)24(30)7-5-13-32-22-10-8-21(31-3)9-11-22/h4,6,8-12,14-16H,5,7,13,17H2,1-3H3. The zero-order valence-corrected chi connectivity index (χ0v) is 20.7. The van der Waals surface area contributed by atoms with Gasteiger partial charge in [0.2, 0.25) is 5.91 Å². The third kappa shape index (κ3) is 5.92. The zero-order valence-electron chi connectivity index (χ0n) is 19.1. The lowest BCUT2D eigenvalue weighted by Crippen LogP contribution is -2.30. The van der Waals surface area contributed by atoms with Crippen molar-refractivity contribution in [2.45, 2.75) is 38.1 Å². The van der Waals surface area contributed by atoms with Crippen molar-refractivity contribution >= 4 is 44.4 Å². The molecular weight excluding hydrogens is 450 g/mol. The molecule has 0 N–H and O–H groups in total. The fourth-order valence-electron chi connectivity index (χ4n) is 3.64. The Bertz CT molecular complexity index is 1220. The van der Waals surface area contributed by atoms with Gasteiger partial charge in [0.05, 0.1) is 23.9 Å². The van der Waals surface area contributed by atoms with Crippen LogP contribution in [0.3, 0.4) is 0 Å². The molecule has 33 heavy (non-hydrogen) atoms. The number of aryl methyl sites for hydroxylation is 2. The number of nitrogens with zero attached hydrogens (tertiary/aromatic N) is 3. The number of carbonyl (C=O) groups excluding carboxylic acids is 1. The number of pyridine rings is 1. The second kappa shape index (κ2) is 10.8. The maximum Gasteiger partial charge on any atom is 0.229 e. The van der Waals surface area contributed by atoms with E-state index in [1.165, 1.54) is 16.0 Å². The number of thiazole rings is 1. The van der Waals surface area contributed by atoms with Gasteiger partial charge in [0, 0.05) is 23.7 Å². The first-order valence-corrected chi connectivity index (χ1v) is 12.7. The molecule has 0 atom stereocenters. The smallest absolute Gasteiger partial charge is 0.229 e. The van der Waals surface area contributed by atoms with Crippen LogP contribution in [-0.4, -0.2) is 28.7 Å². The summed E-state index contributed by atoms with van der Waals surface area (Å²) in [5.41, 5.74) is 4.31. The molecule has 2 aromatic carbocycles. The number of benzene rings is 2. The van der Waals surface area contributed by atoms with E-state index in [0.717, 1.165) is 38.8 Å². The maximum atomic E-state index is 13.3. The third-order valence-corrected chi connectivity index (χ3v) is 7.60. The second-order valence-electron chi connectivity index (χ2n) is 7.90. The Hall–Kier alpha value is -2.90. The topological polar surface area (TPSA) is 55.3 Å². The number of aromatic nitrogens is 2. The number of thioether (sulfide) groups is 1. The van der Waals surface area contributed by atoms with Crippen molar-refractivity contribution in [3.05, 3.63) is 77.6 Å². The minimum atomic E-state index is 0.0858. The average Bonchev–Trinajstić information content (AvgIpc) is 3.25. The Morgan fingerprint density at radius 2 is 1.97 bits per heavy atom. The molecule has 0 bridgehead atoms. The summed E-state index contributed by atoms with van der Waals surface area (Å²) < 4.78 is 6.34. The van der Waals surface area contributed by atoms with Gasteiger partial charge < -0.3 is 4.74 Å². The number of rotatable bonds is 9. The highest BCUT2D eigenvalue weighted by Crippen LogP contribution is 2.33. The van der Waals surface area contributed by atoms with Crippen molar-refractivity contribution in [3.63, 3.8) is 0 Å². The van der Waals surface area contributed by atoms with Crippen molar-refractivity contribution < 1.29 is 9.53 Å². The van der Waals surface area contributed by atoms with Gasteiger partial charge in [-0.05, 0) is 79.1 Å².